The predicted molar refractivity (Wildman–Crippen MR) is 259 cm³/mol. The smallest absolute Gasteiger partial charge is 0.295 e. The molecule has 322 valence electrons. The van der Waals surface area contributed by atoms with Gasteiger partial charge in [0.1, 0.15) is 11.4 Å². The van der Waals surface area contributed by atoms with E-state index in [1.54, 1.807) is 6.07 Å². The number of carbonyl (C=O) groups is 1. The molecule has 10 nitrogen and oxygen atoms in total. The number of amides is 1. The van der Waals surface area contributed by atoms with Crippen LogP contribution in [0.2, 0.25) is 0 Å². The minimum Gasteiger partial charge on any atom is -0.356 e. The van der Waals surface area contributed by atoms with E-state index in [4.69, 9.17) is 30.8 Å². The molecule has 61 heavy (non-hydrogen) atoms. The van der Waals surface area contributed by atoms with Crippen LogP contribution in [0.25, 0.3) is 32.0 Å². The number of allylic oxidation sites excluding steroid dienone is 6. The maximum absolute atomic E-state index is 12.6. The summed E-state index contributed by atoms with van der Waals surface area (Å²) in [5.41, 5.74) is 14.3. The maximum atomic E-state index is 12.6. The van der Waals surface area contributed by atoms with Gasteiger partial charge in [0.05, 0.1) is 5.41 Å². The van der Waals surface area contributed by atoms with E-state index in [0.717, 1.165) is 94.4 Å². The summed E-state index contributed by atoms with van der Waals surface area (Å²) in [5.74, 6) is 0.0913. The van der Waals surface area contributed by atoms with Gasteiger partial charge in [-0.25, -0.2) is 0 Å². The molecule has 0 saturated heterocycles. The van der Waals surface area contributed by atoms with Gasteiger partial charge in [0.15, 0.2) is 5.71 Å². The lowest BCUT2D eigenvalue weighted by Crippen LogP contribution is -2.27. The van der Waals surface area contributed by atoms with Crippen LogP contribution in [-0.4, -0.2) is 55.3 Å². The third kappa shape index (κ3) is 9.90. The molecule has 6 rings (SSSR count). The molecular weight excluding hydrogens is 841 g/mol. The molecule has 14 heteroatoms. The van der Waals surface area contributed by atoms with Gasteiger partial charge in [-0.15, -0.1) is 37.9 Å². The van der Waals surface area contributed by atoms with E-state index in [1.165, 1.54) is 23.0 Å². The van der Waals surface area contributed by atoms with Crippen LogP contribution in [-0.2, 0) is 25.7 Å². The summed E-state index contributed by atoms with van der Waals surface area (Å²) in [4.78, 5) is 19.9. The fraction of sp³-hybridized carbons (Fsp3) is 0.404. The first kappa shape index (κ1) is 46.3. The summed E-state index contributed by atoms with van der Waals surface area (Å²) in [6, 6.07) is 15.5. The van der Waals surface area contributed by atoms with E-state index in [0.29, 0.717) is 36.3 Å². The Morgan fingerprint density at radius 1 is 0.852 bits per heavy atom. The molecule has 0 spiro atoms. The van der Waals surface area contributed by atoms with Crippen molar-refractivity contribution in [1.82, 2.24) is 5.32 Å². The van der Waals surface area contributed by atoms with Crippen LogP contribution in [0.4, 0.5) is 11.4 Å². The lowest BCUT2D eigenvalue weighted by atomic mass is 9.79. The van der Waals surface area contributed by atoms with Gasteiger partial charge < -0.3 is 10.2 Å². The van der Waals surface area contributed by atoms with Gasteiger partial charge in [0, 0.05) is 85.5 Å². The van der Waals surface area contributed by atoms with Gasteiger partial charge in [0.2, 0.25) is 11.6 Å². The monoisotopic (exact) mass is 897 g/mol. The normalized spacial score (nSPS) is 16.3. The SMILES string of the molecule is CC[N+]1=C(/C=C/C=C/C=C2\N(CCCCCC(=O)NCCCCCCN=[N+]=[N-])c3ccc4c(S)cc(S)cc4c3C2(C)C)C(C)(C)c2c1ccc1c(S(=O)(=O)O)cc(S)cc21. The topological polar surface area (TPSA) is 138 Å². The molecule has 0 saturated carbocycles. The lowest BCUT2D eigenvalue weighted by Gasteiger charge is -2.27. The summed E-state index contributed by atoms with van der Waals surface area (Å²) in [6.45, 7) is 13.6. The van der Waals surface area contributed by atoms with Gasteiger partial charge in [-0.05, 0) is 116 Å². The second-order valence-electron chi connectivity index (χ2n) is 16.8. The van der Waals surface area contributed by atoms with Crippen LogP contribution in [0.3, 0.4) is 0 Å². The van der Waals surface area contributed by atoms with Crippen molar-refractivity contribution in [1.29, 1.82) is 0 Å². The number of hydrogen-bond donors (Lipinski definition) is 5. The van der Waals surface area contributed by atoms with Crippen molar-refractivity contribution in [2.45, 2.75) is 116 Å². The van der Waals surface area contributed by atoms with Gasteiger partial charge in [-0.3, -0.25) is 9.35 Å². The van der Waals surface area contributed by atoms with Crippen molar-refractivity contribution in [3.8, 4) is 0 Å². The molecule has 2 aliphatic rings. The third-order valence-electron chi connectivity index (χ3n) is 12.0. The number of unbranched alkanes of at least 4 members (excludes halogenated alkanes) is 5. The van der Waals surface area contributed by atoms with Crippen molar-refractivity contribution >= 4 is 92.5 Å². The highest BCUT2D eigenvalue weighted by Gasteiger charge is 2.45. The highest BCUT2D eigenvalue weighted by molar-refractivity contribution is 7.86. The molecule has 0 aromatic heterocycles. The number of azide groups is 1. The minimum absolute atomic E-state index is 0.0913. The first-order valence-electron chi connectivity index (χ1n) is 21.0. The zero-order valence-electron chi connectivity index (χ0n) is 35.6. The molecule has 0 aliphatic carbocycles. The van der Waals surface area contributed by atoms with Crippen molar-refractivity contribution in [3.63, 3.8) is 0 Å². The van der Waals surface area contributed by atoms with Crippen molar-refractivity contribution in [2.24, 2.45) is 5.11 Å². The standard InChI is InChI=1S/C47H56N6O4S4/c1-6-52-37-23-21-34-36(28-32(59)30-40(34)61(55,56)57)45(37)46(2,3)41(52)17-11-9-12-18-42-47(4,5)44-35-27-31(58)29-39(60)33(35)20-22-38(44)53(42)26-16-10-13-19-43(54)49-24-14-7-8-15-25-50-51-48/h9,11-12,17-18,20-23,27-30H,6-8,10,13-16,19,24-26H2,1-5H3,(H4-,49,54,55,56,57,58,59,60)/p+1. The zero-order valence-corrected chi connectivity index (χ0v) is 39.1. The number of fused-ring (bicyclic) bond motifs is 6. The first-order valence-corrected chi connectivity index (χ1v) is 23.8. The Bertz CT molecular complexity index is 2640. The Balaban J connectivity index is 1.21. The fourth-order valence-electron chi connectivity index (χ4n) is 9.22. The summed E-state index contributed by atoms with van der Waals surface area (Å²) in [7, 11) is -4.46. The molecule has 0 atom stereocenters. The second-order valence-corrected chi connectivity index (χ2v) is 19.8. The number of nitrogens with zero attached hydrogens (tertiary/aromatic N) is 5. The average Bonchev–Trinajstić information content (AvgIpc) is 3.55. The van der Waals surface area contributed by atoms with Crippen LogP contribution < -0.4 is 10.2 Å². The number of rotatable bonds is 18. The van der Waals surface area contributed by atoms with Crippen molar-refractivity contribution < 1.29 is 22.3 Å². The Labute approximate surface area is 376 Å². The fourth-order valence-corrected chi connectivity index (χ4v) is 11.0. The van der Waals surface area contributed by atoms with Crippen LogP contribution in [0, 0.1) is 0 Å². The number of carbonyl (C=O) groups excluding carboxylic acids is 1. The van der Waals surface area contributed by atoms with Gasteiger partial charge in [-0.2, -0.15) is 13.0 Å². The van der Waals surface area contributed by atoms with E-state index < -0.39 is 15.5 Å². The third-order valence-corrected chi connectivity index (χ3v) is 13.8. The minimum atomic E-state index is -4.46. The van der Waals surface area contributed by atoms with E-state index in [-0.39, 0.29) is 16.2 Å². The molecule has 2 heterocycles. The Morgan fingerprint density at radius 2 is 1.54 bits per heavy atom. The average molecular weight is 898 g/mol. The van der Waals surface area contributed by atoms with E-state index in [1.807, 2.05) is 18.2 Å². The summed E-state index contributed by atoms with van der Waals surface area (Å²) < 4.78 is 37.1. The summed E-state index contributed by atoms with van der Waals surface area (Å²) in [5, 5.41) is 10.1. The maximum Gasteiger partial charge on any atom is 0.295 e. The summed E-state index contributed by atoms with van der Waals surface area (Å²) in [6.07, 6.45) is 17.5. The molecule has 0 radical (unpaired) electrons. The number of benzene rings is 4. The van der Waals surface area contributed by atoms with Gasteiger partial charge in [-0.1, -0.05) is 62.5 Å². The summed E-state index contributed by atoms with van der Waals surface area (Å²) >= 11 is 14.1. The van der Waals surface area contributed by atoms with Crippen LogP contribution in [0.1, 0.15) is 97.1 Å². The number of nitrogens with one attached hydrogen (secondary N) is 1. The molecule has 4 aromatic rings. The van der Waals surface area contributed by atoms with Gasteiger partial charge >= 0.3 is 0 Å². The molecule has 4 aromatic carbocycles. The molecule has 0 bridgehead atoms. The van der Waals surface area contributed by atoms with Crippen molar-refractivity contribution in [3.05, 3.63) is 106 Å². The molecular formula is C47H57N6O4S4+. The predicted octanol–water partition coefficient (Wildman–Crippen LogP) is 11.8. The molecule has 2 N–H and O–H groups in total. The molecule has 1 amide bonds. The Hall–Kier alpha value is -4.17. The first-order chi connectivity index (χ1) is 29.0. The van der Waals surface area contributed by atoms with Crippen LogP contribution in [0.15, 0.2) is 109 Å². The van der Waals surface area contributed by atoms with Crippen LogP contribution >= 0.6 is 37.9 Å². The van der Waals surface area contributed by atoms with Crippen LogP contribution in [0.5, 0.6) is 0 Å². The molecule has 0 fully saturated rings. The van der Waals surface area contributed by atoms with E-state index in [2.05, 4.69) is 121 Å². The highest BCUT2D eigenvalue weighted by Crippen LogP contribution is 2.52. The quantitative estimate of drug-likeness (QED) is 0.00989. The van der Waals surface area contributed by atoms with Gasteiger partial charge in [0.25, 0.3) is 10.1 Å². The number of thiol groups is 3. The largest absolute Gasteiger partial charge is 0.356 e. The lowest BCUT2D eigenvalue weighted by molar-refractivity contribution is -0.433. The molecule has 0 unspecified atom stereocenters. The van der Waals surface area contributed by atoms with Crippen molar-refractivity contribution in [2.75, 3.05) is 31.1 Å². The second kappa shape index (κ2) is 19.5. The molecule has 2 aliphatic heterocycles. The Kier molecular flexibility index (Phi) is 14.8. The number of hydrogen-bond acceptors (Lipinski definition) is 8. The number of anilines is 1. The van der Waals surface area contributed by atoms with E-state index >= 15 is 0 Å². The zero-order chi connectivity index (χ0) is 44.1. The van der Waals surface area contributed by atoms with E-state index in [9.17, 15) is 17.8 Å². The highest BCUT2D eigenvalue weighted by atomic mass is 32.2. The Morgan fingerprint density at radius 3 is 2.26 bits per heavy atom.